The molecule has 0 amide bonds. The SMILES string of the molecule is CCCC1=CC(=O)C=C(CCC)C1=O. The van der Waals surface area contributed by atoms with Gasteiger partial charge in [-0.15, -0.1) is 0 Å². The maximum atomic E-state index is 11.8. The van der Waals surface area contributed by atoms with Crippen LogP contribution in [0.1, 0.15) is 39.5 Å². The molecule has 0 unspecified atom stereocenters. The van der Waals surface area contributed by atoms with E-state index in [9.17, 15) is 9.59 Å². The van der Waals surface area contributed by atoms with Gasteiger partial charge in [-0.25, -0.2) is 0 Å². The second kappa shape index (κ2) is 4.89. The third kappa shape index (κ3) is 2.41. The van der Waals surface area contributed by atoms with E-state index < -0.39 is 0 Å². The van der Waals surface area contributed by atoms with Gasteiger partial charge in [0.15, 0.2) is 11.6 Å². The van der Waals surface area contributed by atoms with Crippen LogP contribution in [0.25, 0.3) is 0 Å². The third-order valence-corrected chi connectivity index (χ3v) is 2.25. The van der Waals surface area contributed by atoms with E-state index in [-0.39, 0.29) is 11.6 Å². The number of carbonyl (C=O) groups excluding carboxylic acids is 2. The lowest BCUT2D eigenvalue weighted by Crippen LogP contribution is -2.14. The lowest BCUT2D eigenvalue weighted by Gasteiger charge is -2.11. The summed E-state index contributed by atoms with van der Waals surface area (Å²) in [5.74, 6) is 0.0461. The van der Waals surface area contributed by atoms with Crippen LogP contribution in [0.2, 0.25) is 0 Å². The van der Waals surface area contributed by atoms with Gasteiger partial charge in [0.2, 0.25) is 0 Å². The molecular formula is C12H16O2. The zero-order valence-corrected chi connectivity index (χ0v) is 8.80. The van der Waals surface area contributed by atoms with Gasteiger partial charge in [-0.2, -0.15) is 0 Å². The van der Waals surface area contributed by atoms with Gasteiger partial charge < -0.3 is 0 Å². The molecule has 14 heavy (non-hydrogen) atoms. The summed E-state index contributed by atoms with van der Waals surface area (Å²) in [7, 11) is 0. The number of allylic oxidation sites excluding steroid dienone is 4. The summed E-state index contributed by atoms with van der Waals surface area (Å²) in [5, 5.41) is 0. The first-order chi connectivity index (χ1) is 6.69. The average Bonchev–Trinajstić information content (AvgIpc) is 2.14. The molecule has 0 aromatic heterocycles. The van der Waals surface area contributed by atoms with Gasteiger partial charge in [0.1, 0.15) is 0 Å². The van der Waals surface area contributed by atoms with Crippen molar-refractivity contribution in [3.63, 3.8) is 0 Å². The number of carbonyl (C=O) groups is 2. The minimum Gasteiger partial charge on any atom is -0.290 e. The van der Waals surface area contributed by atoms with E-state index in [1.165, 1.54) is 12.2 Å². The Morgan fingerprint density at radius 1 is 0.929 bits per heavy atom. The molecule has 2 heteroatoms. The summed E-state index contributed by atoms with van der Waals surface area (Å²) in [4.78, 5) is 23.0. The van der Waals surface area contributed by atoms with Crippen LogP contribution >= 0.6 is 0 Å². The molecule has 1 rings (SSSR count). The smallest absolute Gasteiger partial charge is 0.185 e. The first-order valence-electron chi connectivity index (χ1n) is 5.18. The number of hydrogen-bond acceptors (Lipinski definition) is 2. The Hall–Kier alpha value is -1.18. The quantitative estimate of drug-likeness (QED) is 0.641. The van der Waals surface area contributed by atoms with Crippen LogP contribution in [0.5, 0.6) is 0 Å². The molecule has 1 aliphatic carbocycles. The van der Waals surface area contributed by atoms with Crippen LogP contribution in [-0.4, -0.2) is 11.6 Å². The van der Waals surface area contributed by atoms with E-state index >= 15 is 0 Å². The van der Waals surface area contributed by atoms with Gasteiger partial charge in [0.25, 0.3) is 0 Å². The van der Waals surface area contributed by atoms with Crippen molar-refractivity contribution >= 4 is 11.6 Å². The minimum absolute atomic E-state index is 0.0310. The summed E-state index contributed by atoms with van der Waals surface area (Å²) in [5.41, 5.74) is 1.37. The molecule has 0 bridgehead atoms. The third-order valence-electron chi connectivity index (χ3n) is 2.25. The van der Waals surface area contributed by atoms with E-state index in [4.69, 9.17) is 0 Å². The molecule has 0 spiro atoms. The highest BCUT2D eigenvalue weighted by molar-refractivity contribution is 6.20. The topological polar surface area (TPSA) is 34.1 Å². The molecule has 0 fully saturated rings. The Kier molecular flexibility index (Phi) is 3.81. The van der Waals surface area contributed by atoms with Crippen molar-refractivity contribution in [3.8, 4) is 0 Å². The van der Waals surface area contributed by atoms with Gasteiger partial charge in [-0.3, -0.25) is 9.59 Å². The molecule has 0 saturated carbocycles. The number of ketones is 2. The highest BCUT2D eigenvalue weighted by atomic mass is 16.1. The zero-order valence-electron chi connectivity index (χ0n) is 8.80. The van der Waals surface area contributed by atoms with Gasteiger partial charge in [0.05, 0.1) is 0 Å². The molecule has 0 aromatic carbocycles. The van der Waals surface area contributed by atoms with Crippen molar-refractivity contribution in [2.45, 2.75) is 39.5 Å². The normalized spacial score (nSPS) is 16.7. The first kappa shape index (κ1) is 10.9. The summed E-state index contributed by atoms with van der Waals surface area (Å²) >= 11 is 0. The molecule has 0 radical (unpaired) electrons. The van der Waals surface area contributed by atoms with E-state index in [1.54, 1.807) is 0 Å². The maximum Gasteiger partial charge on any atom is 0.185 e. The Morgan fingerprint density at radius 3 is 1.71 bits per heavy atom. The van der Waals surface area contributed by atoms with E-state index in [2.05, 4.69) is 0 Å². The van der Waals surface area contributed by atoms with E-state index in [1.807, 2.05) is 13.8 Å². The molecule has 0 aliphatic heterocycles. The lowest BCUT2D eigenvalue weighted by atomic mass is 9.91. The van der Waals surface area contributed by atoms with Gasteiger partial charge in [-0.1, -0.05) is 26.7 Å². The maximum absolute atomic E-state index is 11.8. The van der Waals surface area contributed by atoms with Crippen molar-refractivity contribution in [2.24, 2.45) is 0 Å². The van der Waals surface area contributed by atoms with Gasteiger partial charge in [-0.05, 0) is 25.0 Å². The molecule has 76 valence electrons. The van der Waals surface area contributed by atoms with Gasteiger partial charge >= 0.3 is 0 Å². The van der Waals surface area contributed by atoms with Crippen molar-refractivity contribution < 1.29 is 9.59 Å². The summed E-state index contributed by atoms with van der Waals surface area (Å²) in [6.45, 7) is 4.02. The molecule has 1 aliphatic rings. The Labute approximate surface area is 84.7 Å². The number of rotatable bonds is 4. The van der Waals surface area contributed by atoms with Crippen LogP contribution in [0.15, 0.2) is 23.3 Å². The second-order valence-electron chi connectivity index (χ2n) is 3.57. The van der Waals surface area contributed by atoms with Crippen molar-refractivity contribution in [1.29, 1.82) is 0 Å². The van der Waals surface area contributed by atoms with Crippen molar-refractivity contribution in [2.75, 3.05) is 0 Å². The van der Waals surface area contributed by atoms with E-state index in [0.717, 1.165) is 12.8 Å². The van der Waals surface area contributed by atoms with Gasteiger partial charge in [0, 0.05) is 11.1 Å². The summed E-state index contributed by atoms with van der Waals surface area (Å²) in [6, 6.07) is 0. The Balaban J connectivity index is 2.83. The molecular weight excluding hydrogens is 176 g/mol. The fraction of sp³-hybridized carbons (Fsp3) is 0.500. The highest BCUT2D eigenvalue weighted by Crippen LogP contribution is 2.20. The molecule has 0 heterocycles. The van der Waals surface area contributed by atoms with Crippen molar-refractivity contribution in [3.05, 3.63) is 23.3 Å². The molecule has 0 saturated heterocycles. The summed E-state index contributed by atoms with van der Waals surface area (Å²) in [6.07, 6.45) is 6.20. The predicted molar refractivity (Wildman–Crippen MR) is 56.0 cm³/mol. The second-order valence-corrected chi connectivity index (χ2v) is 3.57. The standard InChI is InChI=1S/C12H16O2/c1-3-5-9-7-11(13)8-10(6-4-2)12(9)14/h7-8H,3-6H2,1-2H3. The predicted octanol–water partition coefficient (Wildman–Crippen LogP) is 2.59. The molecule has 2 nitrogen and oxygen atoms in total. The Morgan fingerprint density at radius 2 is 1.36 bits per heavy atom. The monoisotopic (exact) mass is 192 g/mol. The average molecular weight is 192 g/mol. The Bertz CT molecular complexity index is 280. The largest absolute Gasteiger partial charge is 0.290 e. The summed E-state index contributed by atoms with van der Waals surface area (Å²) < 4.78 is 0. The minimum atomic E-state index is -0.0310. The lowest BCUT2D eigenvalue weighted by molar-refractivity contribution is -0.115. The van der Waals surface area contributed by atoms with Crippen LogP contribution in [-0.2, 0) is 9.59 Å². The van der Waals surface area contributed by atoms with Crippen molar-refractivity contribution in [1.82, 2.24) is 0 Å². The molecule has 0 atom stereocenters. The van der Waals surface area contributed by atoms with Crippen LogP contribution < -0.4 is 0 Å². The fourth-order valence-electron chi connectivity index (χ4n) is 1.63. The van der Waals surface area contributed by atoms with Crippen LogP contribution in [0.4, 0.5) is 0 Å². The number of hydrogen-bond donors (Lipinski definition) is 0. The molecule has 0 N–H and O–H groups in total. The first-order valence-corrected chi connectivity index (χ1v) is 5.18. The van der Waals surface area contributed by atoms with E-state index in [0.29, 0.717) is 24.0 Å². The zero-order chi connectivity index (χ0) is 10.6. The number of Topliss-reactive ketones (excluding diaryl/α,β-unsaturated/α-hetero) is 1. The highest BCUT2D eigenvalue weighted by Gasteiger charge is 2.19. The van der Waals surface area contributed by atoms with Crippen LogP contribution in [0, 0.1) is 0 Å². The fourth-order valence-corrected chi connectivity index (χ4v) is 1.63. The van der Waals surface area contributed by atoms with Crippen LogP contribution in [0.3, 0.4) is 0 Å². The molecule has 0 aromatic rings.